The second-order valence-corrected chi connectivity index (χ2v) is 4.91. The average Bonchev–Trinajstić information content (AvgIpc) is 3.06. The molecule has 21 heavy (non-hydrogen) atoms. The molecule has 0 bridgehead atoms. The number of hydrazone groups is 1. The van der Waals surface area contributed by atoms with E-state index in [2.05, 4.69) is 22.4 Å². The molecule has 1 amide bonds. The van der Waals surface area contributed by atoms with Crippen LogP contribution in [0.1, 0.15) is 48.7 Å². The van der Waals surface area contributed by atoms with Gasteiger partial charge >= 0.3 is 0 Å². The van der Waals surface area contributed by atoms with Crippen LogP contribution < -0.4 is 5.43 Å². The minimum Gasteiger partial charge on any atom is -0.357 e. The van der Waals surface area contributed by atoms with Crippen molar-refractivity contribution in [3.63, 3.8) is 0 Å². The number of H-pyrrole nitrogens is 1. The molecule has 110 valence electrons. The zero-order chi connectivity index (χ0) is 14.9. The average molecular weight is 283 g/mol. The molecule has 1 aromatic carbocycles. The molecule has 2 N–H and O–H groups in total. The van der Waals surface area contributed by atoms with Crippen LogP contribution in [0.3, 0.4) is 0 Å². The molecular weight excluding hydrogens is 262 g/mol. The molecule has 0 fully saturated rings. The highest BCUT2D eigenvalue weighted by Crippen LogP contribution is 2.09. The number of carbonyl (C=O) groups excluding carboxylic acids is 1. The summed E-state index contributed by atoms with van der Waals surface area (Å²) in [6.45, 7) is 2.17. The summed E-state index contributed by atoms with van der Waals surface area (Å²) in [6, 6.07) is 13.5. The number of benzene rings is 1. The van der Waals surface area contributed by atoms with Gasteiger partial charge in [0, 0.05) is 6.20 Å². The molecule has 0 aliphatic rings. The second-order valence-electron chi connectivity index (χ2n) is 4.91. The fraction of sp³-hybridized carbons (Fsp3) is 0.294. The Kier molecular flexibility index (Phi) is 5.76. The van der Waals surface area contributed by atoms with Crippen molar-refractivity contribution in [3.8, 4) is 0 Å². The zero-order valence-corrected chi connectivity index (χ0v) is 12.3. The Labute approximate surface area is 125 Å². The predicted molar refractivity (Wildman–Crippen MR) is 85.4 cm³/mol. The first kappa shape index (κ1) is 15.0. The lowest BCUT2D eigenvalue weighted by molar-refractivity contribution is 0.0950. The number of hydrogen-bond donors (Lipinski definition) is 2. The molecule has 4 heteroatoms. The summed E-state index contributed by atoms with van der Waals surface area (Å²) < 4.78 is 0. The quantitative estimate of drug-likeness (QED) is 0.454. The van der Waals surface area contributed by atoms with Crippen LogP contribution in [0, 0.1) is 0 Å². The summed E-state index contributed by atoms with van der Waals surface area (Å²) in [4.78, 5) is 14.8. The molecule has 0 saturated heterocycles. The molecule has 0 aliphatic heterocycles. The summed E-state index contributed by atoms with van der Waals surface area (Å²) in [5.41, 5.74) is 5.12. The van der Waals surface area contributed by atoms with Gasteiger partial charge in [0.25, 0.3) is 5.91 Å². The number of amides is 1. The van der Waals surface area contributed by atoms with Crippen molar-refractivity contribution in [1.29, 1.82) is 0 Å². The van der Waals surface area contributed by atoms with Crippen LogP contribution in [0.5, 0.6) is 0 Å². The summed E-state index contributed by atoms with van der Waals surface area (Å²) in [6.07, 6.45) is 5.98. The third-order valence-electron chi connectivity index (χ3n) is 3.26. The lowest BCUT2D eigenvalue weighted by atomic mass is 10.0. The number of unbranched alkanes of at least 4 members (excludes halogenated alkanes) is 2. The largest absolute Gasteiger partial charge is 0.357 e. The lowest BCUT2D eigenvalue weighted by Gasteiger charge is -2.07. The van der Waals surface area contributed by atoms with E-state index in [0.717, 1.165) is 37.0 Å². The Morgan fingerprint density at radius 1 is 1.14 bits per heavy atom. The van der Waals surface area contributed by atoms with E-state index < -0.39 is 0 Å². The normalized spacial score (nSPS) is 11.4. The van der Waals surface area contributed by atoms with Gasteiger partial charge in [0.05, 0.1) is 5.71 Å². The number of rotatable bonds is 7. The first-order valence-corrected chi connectivity index (χ1v) is 7.37. The molecular formula is C17H21N3O. The van der Waals surface area contributed by atoms with Crippen LogP contribution in [0.15, 0.2) is 53.8 Å². The minimum atomic E-state index is -0.219. The molecule has 0 spiro atoms. The highest BCUT2D eigenvalue weighted by molar-refractivity contribution is 6.02. The molecule has 2 aromatic rings. The van der Waals surface area contributed by atoms with E-state index in [4.69, 9.17) is 0 Å². The van der Waals surface area contributed by atoms with Crippen molar-refractivity contribution in [2.75, 3.05) is 0 Å². The molecule has 1 heterocycles. The summed E-state index contributed by atoms with van der Waals surface area (Å²) in [7, 11) is 0. The second kappa shape index (κ2) is 8.04. The zero-order valence-electron chi connectivity index (χ0n) is 12.3. The summed E-state index contributed by atoms with van der Waals surface area (Å²) >= 11 is 0. The number of aromatic nitrogens is 1. The van der Waals surface area contributed by atoms with Gasteiger partial charge < -0.3 is 4.98 Å². The van der Waals surface area contributed by atoms with Crippen LogP contribution >= 0.6 is 0 Å². The van der Waals surface area contributed by atoms with E-state index in [9.17, 15) is 4.79 Å². The van der Waals surface area contributed by atoms with Crippen molar-refractivity contribution >= 4 is 11.6 Å². The molecule has 0 saturated carbocycles. The maximum atomic E-state index is 11.9. The summed E-state index contributed by atoms with van der Waals surface area (Å²) in [5, 5.41) is 4.32. The Morgan fingerprint density at radius 3 is 2.62 bits per heavy atom. The van der Waals surface area contributed by atoms with Gasteiger partial charge in [-0.15, -0.1) is 0 Å². The Morgan fingerprint density at radius 2 is 1.95 bits per heavy atom. The summed E-state index contributed by atoms with van der Waals surface area (Å²) in [5.74, 6) is -0.219. The van der Waals surface area contributed by atoms with Crippen molar-refractivity contribution < 1.29 is 4.79 Å². The van der Waals surface area contributed by atoms with Crippen LogP contribution in [0.2, 0.25) is 0 Å². The van der Waals surface area contributed by atoms with Crippen LogP contribution in [-0.4, -0.2) is 16.6 Å². The van der Waals surface area contributed by atoms with Crippen LogP contribution in [0.25, 0.3) is 0 Å². The standard InChI is InChI=1S/C17H21N3O/c1-2-3-5-11-15(14-9-6-4-7-10-14)19-20-17(21)16-12-8-13-18-16/h4,6-10,12-13,18H,2-3,5,11H2,1H3,(H,20,21)/b19-15-. The molecule has 0 unspecified atom stereocenters. The van der Waals surface area contributed by atoms with Gasteiger partial charge in [-0.05, 0) is 30.5 Å². The SMILES string of the molecule is CCCCC/C(=N/NC(=O)c1ccc[nH]1)c1ccccc1. The lowest BCUT2D eigenvalue weighted by Crippen LogP contribution is -2.20. The first-order chi connectivity index (χ1) is 10.3. The van der Waals surface area contributed by atoms with E-state index in [1.54, 1.807) is 18.3 Å². The number of hydrogen-bond acceptors (Lipinski definition) is 2. The fourth-order valence-corrected chi connectivity index (χ4v) is 2.09. The van der Waals surface area contributed by atoms with Gasteiger partial charge in [0.15, 0.2) is 0 Å². The molecule has 0 atom stereocenters. The van der Waals surface area contributed by atoms with Crippen LogP contribution in [-0.2, 0) is 0 Å². The molecule has 4 nitrogen and oxygen atoms in total. The maximum absolute atomic E-state index is 11.9. The van der Waals surface area contributed by atoms with Crippen molar-refractivity contribution in [2.45, 2.75) is 32.6 Å². The van der Waals surface area contributed by atoms with Gasteiger partial charge in [0.1, 0.15) is 5.69 Å². The first-order valence-electron chi connectivity index (χ1n) is 7.37. The minimum absolute atomic E-state index is 0.219. The van der Waals surface area contributed by atoms with Gasteiger partial charge in [-0.1, -0.05) is 50.1 Å². The molecule has 2 rings (SSSR count). The topological polar surface area (TPSA) is 57.2 Å². The molecule has 0 radical (unpaired) electrons. The predicted octanol–water partition coefficient (Wildman–Crippen LogP) is 3.73. The van der Waals surface area contributed by atoms with E-state index >= 15 is 0 Å². The van der Waals surface area contributed by atoms with E-state index in [1.165, 1.54) is 0 Å². The number of nitrogens with zero attached hydrogens (tertiary/aromatic N) is 1. The van der Waals surface area contributed by atoms with Crippen molar-refractivity contribution in [3.05, 3.63) is 59.9 Å². The van der Waals surface area contributed by atoms with E-state index in [0.29, 0.717) is 5.69 Å². The highest BCUT2D eigenvalue weighted by atomic mass is 16.2. The Balaban J connectivity index is 2.07. The van der Waals surface area contributed by atoms with Crippen molar-refractivity contribution in [2.24, 2.45) is 5.10 Å². The van der Waals surface area contributed by atoms with Gasteiger partial charge in [-0.2, -0.15) is 5.10 Å². The van der Waals surface area contributed by atoms with Gasteiger partial charge in [0.2, 0.25) is 0 Å². The van der Waals surface area contributed by atoms with Gasteiger partial charge in [-0.25, -0.2) is 5.43 Å². The Hall–Kier alpha value is -2.36. The number of carbonyl (C=O) groups is 1. The molecule has 1 aromatic heterocycles. The fourth-order valence-electron chi connectivity index (χ4n) is 2.09. The third kappa shape index (κ3) is 4.60. The monoisotopic (exact) mass is 283 g/mol. The number of nitrogens with one attached hydrogen (secondary N) is 2. The van der Waals surface area contributed by atoms with Crippen molar-refractivity contribution in [1.82, 2.24) is 10.4 Å². The van der Waals surface area contributed by atoms with Crippen LogP contribution in [0.4, 0.5) is 0 Å². The van der Waals surface area contributed by atoms with E-state index in [-0.39, 0.29) is 5.91 Å². The maximum Gasteiger partial charge on any atom is 0.287 e. The smallest absolute Gasteiger partial charge is 0.287 e. The van der Waals surface area contributed by atoms with E-state index in [1.807, 2.05) is 30.3 Å². The van der Waals surface area contributed by atoms with Gasteiger partial charge in [-0.3, -0.25) is 4.79 Å². The molecule has 0 aliphatic carbocycles. The third-order valence-corrected chi connectivity index (χ3v) is 3.26. The Bertz CT molecular complexity index is 573. The number of aromatic amines is 1. The highest BCUT2D eigenvalue weighted by Gasteiger charge is 2.07.